The Labute approximate surface area is 220 Å². The number of nitrogens with zero attached hydrogens (tertiary/aromatic N) is 1. The molecule has 0 saturated heterocycles. The summed E-state index contributed by atoms with van der Waals surface area (Å²) in [4.78, 5) is 20.5. The summed E-state index contributed by atoms with van der Waals surface area (Å²) < 4.78 is 45.3. The second-order valence-electron chi connectivity index (χ2n) is 9.13. The van der Waals surface area contributed by atoms with Gasteiger partial charge in [-0.1, -0.05) is 30.3 Å². The Hall–Kier alpha value is -5.05. The van der Waals surface area contributed by atoms with Gasteiger partial charge in [-0.15, -0.1) is 0 Å². The van der Waals surface area contributed by atoms with Gasteiger partial charge < -0.3 is 20.0 Å². The van der Waals surface area contributed by atoms with Crippen molar-refractivity contribution in [1.29, 1.82) is 0 Å². The first-order valence-electron chi connectivity index (χ1n) is 12.1. The zero-order valence-corrected chi connectivity index (χ0v) is 20.6. The van der Waals surface area contributed by atoms with Crippen molar-refractivity contribution in [3.8, 4) is 11.3 Å². The number of aromatic nitrogens is 2. The molecule has 39 heavy (non-hydrogen) atoms. The molecule has 0 fully saturated rings. The number of hydrogen-bond acceptors (Lipinski definition) is 4. The number of carbonyl (C=O) groups is 1. The second-order valence-corrected chi connectivity index (χ2v) is 9.13. The first kappa shape index (κ1) is 24.3. The number of benzene rings is 3. The van der Waals surface area contributed by atoms with Crippen LogP contribution in [-0.2, 0) is 6.18 Å². The fourth-order valence-corrected chi connectivity index (χ4v) is 4.43. The van der Waals surface area contributed by atoms with Crippen LogP contribution in [0.5, 0.6) is 0 Å². The van der Waals surface area contributed by atoms with E-state index in [4.69, 9.17) is 4.42 Å². The fraction of sp³-hybridized carbons (Fsp3) is 0.0667. The minimum Gasteiger partial charge on any atom is -0.456 e. The first-order valence-corrected chi connectivity index (χ1v) is 12.1. The lowest BCUT2D eigenvalue weighted by Crippen LogP contribution is -2.14. The summed E-state index contributed by atoms with van der Waals surface area (Å²) in [5.74, 6) is 0.601. The van der Waals surface area contributed by atoms with E-state index in [0.29, 0.717) is 28.6 Å². The van der Waals surface area contributed by atoms with Crippen LogP contribution in [0.25, 0.3) is 33.3 Å². The molecule has 0 saturated carbocycles. The number of fused-ring (bicyclic) bond motifs is 2. The number of amides is 1. The molecule has 0 bridgehead atoms. The number of halogens is 3. The van der Waals surface area contributed by atoms with Crippen molar-refractivity contribution < 1.29 is 22.4 Å². The fourth-order valence-electron chi connectivity index (χ4n) is 4.43. The summed E-state index contributed by atoms with van der Waals surface area (Å²) in [6.45, 7) is 1.90. The van der Waals surface area contributed by atoms with Gasteiger partial charge in [0.15, 0.2) is 0 Å². The van der Waals surface area contributed by atoms with E-state index >= 15 is 0 Å². The van der Waals surface area contributed by atoms with Crippen LogP contribution < -0.4 is 10.6 Å². The third kappa shape index (κ3) is 4.82. The minimum atomic E-state index is -4.54. The van der Waals surface area contributed by atoms with Crippen LogP contribution in [0.4, 0.5) is 30.4 Å². The van der Waals surface area contributed by atoms with Crippen molar-refractivity contribution in [3.05, 3.63) is 108 Å². The SMILES string of the molecule is Cc1ccc(NC(=O)c2cccc(C(F)(F)F)c2)cc1Nc1cc(-c2cc3ccccc3o2)c2cc[nH]c2n1. The average Bonchev–Trinajstić information content (AvgIpc) is 3.57. The number of aromatic amines is 1. The average molecular weight is 527 g/mol. The number of pyridine rings is 1. The lowest BCUT2D eigenvalue weighted by molar-refractivity contribution is -0.137. The largest absolute Gasteiger partial charge is 0.456 e. The number of aryl methyl sites for hydroxylation is 1. The number of para-hydroxylation sites is 1. The second kappa shape index (κ2) is 9.36. The Bertz CT molecular complexity index is 1820. The van der Waals surface area contributed by atoms with Gasteiger partial charge in [0.1, 0.15) is 22.8 Å². The van der Waals surface area contributed by atoms with Crippen molar-refractivity contribution >= 4 is 45.1 Å². The third-order valence-corrected chi connectivity index (χ3v) is 6.43. The van der Waals surface area contributed by atoms with Crippen LogP contribution in [0.1, 0.15) is 21.5 Å². The normalized spacial score (nSPS) is 11.7. The highest BCUT2D eigenvalue weighted by Crippen LogP contribution is 2.35. The van der Waals surface area contributed by atoms with E-state index in [0.717, 1.165) is 39.6 Å². The van der Waals surface area contributed by atoms with Crippen molar-refractivity contribution in [2.75, 3.05) is 10.6 Å². The molecule has 3 aromatic heterocycles. The summed E-state index contributed by atoms with van der Waals surface area (Å²) in [6, 6.07) is 23.1. The highest BCUT2D eigenvalue weighted by atomic mass is 19.4. The number of hydrogen-bond donors (Lipinski definition) is 3. The Morgan fingerprint density at radius 1 is 0.949 bits per heavy atom. The van der Waals surface area contributed by atoms with Gasteiger partial charge in [-0.2, -0.15) is 13.2 Å². The van der Waals surface area contributed by atoms with Gasteiger partial charge in [0.05, 0.1) is 5.56 Å². The molecule has 3 aromatic carbocycles. The summed E-state index contributed by atoms with van der Waals surface area (Å²) in [5, 5.41) is 7.88. The number of alkyl halides is 3. The van der Waals surface area contributed by atoms with Gasteiger partial charge >= 0.3 is 6.18 Å². The molecule has 1 amide bonds. The molecule has 0 spiro atoms. The molecule has 0 aliphatic rings. The summed E-state index contributed by atoms with van der Waals surface area (Å²) in [6.07, 6.45) is -2.73. The van der Waals surface area contributed by atoms with E-state index in [9.17, 15) is 18.0 Å². The molecular weight excluding hydrogens is 505 g/mol. The van der Waals surface area contributed by atoms with Gasteiger partial charge in [-0.3, -0.25) is 4.79 Å². The van der Waals surface area contributed by atoms with Crippen LogP contribution in [0.3, 0.4) is 0 Å². The molecule has 0 aliphatic heterocycles. The van der Waals surface area contributed by atoms with Crippen LogP contribution >= 0.6 is 0 Å². The monoisotopic (exact) mass is 526 g/mol. The molecule has 9 heteroatoms. The van der Waals surface area contributed by atoms with E-state index < -0.39 is 17.6 Å². The maximum absolute atomic E-state index is 13.1. The molecule has 6 nitrogen and oxygen atoms in total. The molecule has 0 atom stereocenters. The maximum atomic E-state index is 13.1. The predicted molar refractivity (Wildman–Crippen MR) is 145 cm³/mol. The molecule has 0 radical (unpaired) electrons. The van der Waals surface area contributed by atoms with E-state index in [1.165, 1.54) is 12.1 Å². The Morgan fingerprint density at radius 3 is 2.62 bits per heavy atom. The molecule has 0 unspecified atom stereocenters. The quantitative estimate of drug-likeness (QED) is 0.211. The lowest BCUT2D eigenvalue weighted by Gasteiger charge is -2.13. The Kier molecular flexibility index (Phi) is 5.83. The van der Waals surface area contributed by atoms with Gasteiger partial charge in [-0.25, -0.2) is 4.98 Å². The summed E-state index contributed by atoms with van der Waals surface area (Å²) in [7, 11) is 0. The van der Waals surface area contributed by atoms with E-state index in [2.05, 4.69) is 20.6 Å². The molecule has 3 heterocycles. The topological polar surface area (TPSA) is 83.0 Å². The van der Waals surface area contributed by atoms with Crippen LogP contribution in [0.2, 0.25) is 0 Å². The van der Waals surface area contributed by atoms with Gasteiger partial charge in [0, 0.05) is 39.5 Å². The first-order chi connectivity index (χ1) is 18.7. The van der Waals surface area contributed by atoms with Gasteiger partial charge in [0.25, 0.3) is 5.91 Å². The lowest BCUT2D eigenvalue weighted by atomic mass is 10.1. The van der Waals surface area contributed by atoms with Crippen molar-refractivity contribution in [3.63, 3.8) is 0 Å². The number of furan rings is 1. The zero-order valence-electron chi connectivity index (χ0n) is 20.6. The highest BCUT2D eigenvalue weighted by Gasteiger charge is 2.31. The molecule has 6 aromatic rings. The Balaban J connectivity index is 1.30. The number of nitrogens with one attached hydrogen (secondary N) is 3. The van der Waals surface area contributed by atoms with E-state index in [1.54, 1.807) is 18.2 Å². The zero-order chi connectivity index (χ0) is 27.1. The number of anilines is 3. The molecule has 3 N–H and O–H groups in total. The maximum Gasteiger partial charge on any atom is 0.416 e. The summed E-state index contributed by atoms with van der Waals surface area (Å²) >= 11 is 0. The van der Waals surface area contributed by atoms with Gasteiger partial charge in [0.2, 0.25) is 0 Å². The molecular formula is C30H21F3N4O2. The minimum absolute atomic E-state index is 0.0887. The van der Waals surface area contributed by atoms with Crippen LogP contribution in [0, 0.1) is 6.92 Å². The molecule has 6 rings (SSSR count). The van der Waals surface area contributed by atoms with E-state index in [1.807, 2.05) is 55.6 Å². The number of carbonyl (C=O) groups excluding carboxylic acids is 1. The molecule has 0 aliphatic carbocycles. The smallest absolute Gasteiger partial charge is 0.416 e. The van der Waals surface area contributed by atoms with E-state index in [-0.39, 0.29) is 5.56 Å². The van der Waals surface area contributed by atoms with Crippen molar-refractivity contribution in [2.24, 2.45) is 0 Å². The molecule has 194 valence electrons. The summed E-state index contributed by atoms with van der Waals surface area (Å²) in [5.41, 5.74) is 3.30. The highest BCUT2D eigenvalue weighted by molar-refractivity contribution is 6.04. The standard InChI is InChI=1S/C30H21F3N4O2/c1-17-9-10-21(35-29(38)19-6-4-7-20(13-19)30(31,32)33)15-24(17)36-27-16-23(22-11-12-34-28(22)37-27)26-14-18-5-2-3-8-25(18)39-26/h2-16H,1H3,(H,35,38)(H2,34,36,37). The van der Waals surface area contributed by atoms with Crippen LogP contribution in [0.15, 0.2) is 95.5 Å². The van der Waals surface area contributed by atoms with Gasteiger partial charge in [-0.05, 0) is 67.1 Å². The van der Waals surface area contributed by atoms with Crippen molar-refractivity contribution in [1.82, 2.24) is 9.97 Å². The van der Waals surface area contributed by atoms with Crippen molar-refractivity contribution in [2.45, 2.75) is 13.1 Å². The predicted octanol–water partition coefficient (Wildman–Crippen LogP) is 8.30. The van der Waals surface area contributed by atoms with Crippen LogP contribution in [-0.4, -0.2) is 15.9 Å². The number of rotatable bonds is 5. The Morgan fingerprint density at radius 2 is 1.79 bits per heavy atom. The number of H-pyrrole nitrogens is 1. The third-order valence-electron chi connectivity index (χ3n) is 6.43.